The summed E-state index contributed by atoms with van der Waals surface area (Å²) in [5.41, 5.74) is 4.33. The fraction of sp³-hybridized carbons (Fsp3) is 0.206. The number of carbonyl (C=O) groups is 2. The van der Waals surface area contributed by atoms with E-state index in [1.807, 2.05) is 59.3 Å². The molecule has 10 nitrogen and oxygen atoms in total. The molecule has 12 heteroatoms. The molecule has 1 aliphatic rings. The summed E-state index contributed by atoms with van der Waals surface area (Å²) >= 11 is 2.90. The van der Waals surface area contributed by atoms with Crippen molar-refractivity contribution in [3.05, 3.63) is 118 Å². The third-order valence-corrected chi connectivity index (χ3v) is 9.36. The van der Waals surface area contributed by atoms with Gasteiger partial charge in [-0.25, -0.2) is 5.01 Å². The maximum Gasteiger partial charge on any atom is 0.253 e. The van der Waals surface area contributed by atoms with Crippen LogP contribution in [-0.4, -0.2) is 57.3 Å². The van der Waals surface area contributed by atoms with E-state index < -0.39 is 0 Å². The lowest BCUT2D eigenvalue weighted by atomic mass is 10.00. The van der Waals surface area contributed by atoms with Gasteiger partial charge in [0.15, 0.2) is 22.5 Å². The second kappa shape index (κ2) is 14.0. The highest BCUT2D eigenvalue weighted by Gasteiger charge is 2.33. The lowest BCUT2D eigenvalue weighted by molar-refractivity contribution is -0.130. The van der Waals surface area contributed by atoms with Crippen molar-refractivity contribution in [2.24, 2.45) is 5.10 Å². The number of hydrogen-bond acceptors (Lipinski definition) is 9. The van der Waals surface area contributed by atoms with Crippen LogP contribution in [0.25, 0.3) is 5.69 Å². The molecule has 0 aliphatic carbocycles. The molecule has 5 aromatic rings. The first-order valence-electron chi connectivity index (χ1n) is 14.6. The average molecular weight is 653 g/mol. The van der Waals surface area contributed by atoms with Gasteiger partial charge in [-0.05, 0) is 54.3 Å². The number of hydrazone groups is 1. The summed E-state index contributed by atoms with van der Waals surface area (Å²) in [7, 11) is 3.06. The Hall–Kier alpha value is -4.94. The Morgan fingerprint density at radius 3 is 2.46 bits per heavy atom. The Balaban J connectivity index is 1.21. The standard InChI is InChI=1S/C34H32N6O4S2/c1-22-11-13-23(14-12-22)27-19-26(30-10-7-17-45-30)38-40(27)32(41)21-46-34-37-36-31(39(34)25-8-5-4-6-9-25)20-35-33(42)24-15-16-28(43-2)29(18-24)44-3/h4-18,27H,19-21H2,1-3H3,(H,35,42). The first-order chi connectivity index (χ1) is 22.4. The van der Waals surface area contributed by atoms with E-state index in [9.17, 15) is 9.59 Å². The topological polar surface area (TPSA) is 111 Å². The van der Waals surface area contributed by atoms with Gasteiger partial charge in [-0.2, -0.15) is 5.10 Å². The number of hydrogen-bond donors (Lipinski definition) is 1. The van der Waals surface area contributed by atoms with Gasteiger partial charge in [0.2, 0.25) is 0 Å². The van der Waals surface area contributed by atoms with E-state index in [4.69, 9.17) is 14.6 Å². The molecule has 2 amide bonds. The van der Waals surface area contributed by atoms with Gasteiger partial charge in [-0.3, -0.25) is 14.2 Å². The summed E-state index contributed by atoms with van der Waals surface area (Å²) in [5.74, 6) is 1.18. The number of methoxy groups -OCH3 is 2. The molecule has 1 atom stereocenters. The summed E-state index contributed by atoms with van der Waals surface area (Å²) in [4.78, 5) is 27.9. The van der Waals surface area contributed by atoms with Gasteiger partial charge in [-0.15, -0.1) is 21.5 Å². The Morgan fingerprint density at radius 2 is 1.74 bits per heavy atom. The summed E-state index contributed by atoms with van der Waals surface area (Å²) in [6.07, 6.45) is 0.643. The molecule has 0 saturated carbocycles. The fourth-order valence-corrected chi connectivity index (χ4v) is 6.70. The van der Waals surface area contributed by atoms with Crippen LogP contribution in [0.3, 0.4) is 0 Å². The minimum Gasteiger partial charge on any atom is -0.493 e. The van der Waals surface area contributed by atoms with Crippen molar-refractivity contribution in [3.8, 4) is 17.2 Å². The van der Waals surface area contributed by atoms with E-state index in [0.29, 0.717) is 34.5 Å². The summed E-state index contributed by atoms with van der Waals surface area (Å²) in [5, 5.41) is 20.7. The molecule has 46 heavy (non-hydrogen) atoms. The largest absolute Gasteiger partial charge is 0.493 e. The molecule has 1 unspecified atom stereocenters. The number of para-hydroxylation sites is 1. The molecule has 6 rings (SSSR count). The summed E-state index contributed by atoms with van der Waals surface area (Å²) in [6, 6.07) is 26.7. The van der Waals surface area contributed by atoms with Gasteiger partial charge < -0.3 is 14.8 Å². The molecular formula is C34H32N6O4S2. The zero-order valence-electron chi connectivity index (χ0n) is 25.5. The van der Waals surface area contributed by atoms with Crippen LogP contribution in [-0.2, 0) is 11.3 Å². The molecule has 0 radical (unpaired) electrons. The SMILES string of the molecule is COc1ccc(C(=O)NCc2nnc(SCC(=O)N3N=C(c4cccs4)CC3c3ccc(C)cc3)n2-c2ccccc2)cc1OC. The van der Waals surface area contributed by atoms with Crippen LogP contribution in [0.5, 0.6) is 11.5 Å². The highest BCUT2D eigenvalue weighted by molar-refractivity contribution is 7.99. The smallest absolute Gasteiger partial charge is 0.253 e. The summed E-state index contributed by atoms with van der Waals surface area (Å²) in [6.45, 7) is 2.16. The van der Waals surface area contributed by atoms with Crippen LogP contribution < -0.4 is 14.8 Å². The van der Waals surface area contributed by atoms with E-state index in [2.05, 4.69) is 39.8 Å². The first kappa shape index (κ1) is 31.1. The van der Waals surface area contributed by atoms with Crippen LogP contribution in [0, 0.1) is 6.92 Å². The Morgan fingerprint density at radius 1 is 0.957 bits per heavy atom. The van der Waals surface area contributed by atoms with Gasteiger partial charge in [0.25, 0.3) is 11.8 Å². The number of thioether (sulfide) groups is 1. The van der Waals surface area contributed by atoms with Crippen LogP contribution >= 0.6 is 23.1 Å². The zero-order valence-corrected chi connectivity index (χ0v) is 27.2. The number of nitrogens with zero attached hydrogens (tertiary/aromatic N) is 5. The van der Waals surface area contributed by atoms with Crippen molar-refractivity contribution in [2.45, 2.75) is 31.1 Å². The normalized spacial score (nSPS) is 14.2. The quantitative estimate of drug-likeness (QED) is 0.173. The number of aryl methyl sites for hydroxylation is 1. The number of thiophene rings is 1. The maximum absolute atomic E-state index is 13.8. The number of ether oxygens (including phenoxy) is 2. The van der Waals surface area contributed by atoms with Crippen molar-refractivity contribution >= 4 is 40.6 Å². The highest BCUT2D eigenvalue weighted by atomic mass is 32.2. The molecular weight excluding hydrogens is 621 g/mol. The van der Waals surface area contributed by atoms with E-state index in [-0.39, 0.29) is 30.2 Å². The molecule has 0 spiro atoms. The number of nitrogens with one attached hydrogen (secondary N) is 1. The molecule has 1 aliphatic heterocycles. The Labute approximate surface area is 275 Å². The number of rotatable bonds is 11. The van der Waals surface area contributed by atoms with E-state index >= 15 is 0 Å². The van der Waals surface area contributed by atoms with Gasteiger partial charge in [0.05, 0.1) is 43.1 Å². The number of aromatic nitrogens is 3. The predicted octanol–water partition coefficient (Wildman–Crippen LogP) is 6.05. The van der Waals surface area contributed by atoms with Gasteiger partial charge in [-0.1, -0.05) is 65.9 Å². The van der Waals surface area contributed by atoms with E-state index in [1.54, 1.807) is 41.7 Å². The van der Waals surface area contributed by atoms with Crippen LogP contribution in [0.15, 0.2) is 101 Å². The van der Waals surface area contributed by atoms with Crippen molar-refractivity contribution < 1.29 is 19.1 Å². The lowest BCUT2D eigenvalue weighted by Crippen LogP contribution is -2.28. The van der Waals surface area contributed by atoms with Gasteiger partial charge >= 0.3 is 0 Å². The minimum absolute atomic E-state index is 0.104. The molecule has 0 fully saturated rings. The van der Waals surface area contributed by atoms with Crippen LogP contribution in [0.2, 0.25) is 0 Å². The molecule has 234 valence electrons. The Bertz CT molecular complexity index is 1860. The predicted molar refractivity (Wildman–Crippen MR) is 179 cm³/mol. The van der Waals surface area contributed by atoms with Crippen molar-refractivity contribution in [1.82, 2.24) is 25.1 Å². The van der Waals surface area contributed by atoms with E-state index in [0.717, 1.165) is 27.4 Å². The summed E-state index contributed by atoms with van der Waals surface area (Å²) < 4.78 is 12.5. The second-order valence-corrected chi connectivity index (χ2v) is 12.4. The lowest BCUT2D eigenvalue weighted by Gasteiger charge is -2.22. The molecule has 2 aromatic heterocycles. The maximum atomic E-state index is 13.8. The fourth-order valence-electron chi connectivity index (χ4n) is 5.16. The number of carbonyl (C=O) groups excluding carboxylic acids is 2. The monoisotopic (exact) mass is 652 g/mol. The van der Waals surface area contributed by atoms with Gasteiger partial charge in [0, 0.05) is 17.7 Å². The Kier molecular flexibility index (Phi) is 9.46. The molecule has 3 heterocycles. The first-order valence-corrected chi connectivity index (χ1v) is 16.4. The van der Waals surface area contributed by atoms with Crippen molar-refractivity contribution in [3.63, 3.8) is 0 Å². The third kappa shape index (κ3) is 6.68. The van der Waals surface area contributed by atoms with Crippen LogP contribution in [0.1, 0.15) is 44.6 Å². The van der Waals surface area contributed by atoms with Gasteiger partial charge in [0.1, 0.15) is 0 Å². The molecule has 3 aromatic carbocycles. The van der Waals surface area contributed by atoms with Crippen molar-refractivity contribution in [1.29, 1.82) is 0 Å². The molecule has 0 saturated heterocycles. The van der Waals surface area contributed by atoms with Crippen LogP contribution in [0.4, 0.5) is 0 Å². The highest BCUT2D eigenvalue weighted by Crippen LogP contribution is 2.35. The number of benzene rings is 3. The average Bonchev–Trinajstić information content (AvgIpc) is 3.87. The van der Waals surface area contributed by atoms with E-state index in [1.165, 1.54) is 18.9 Å². The minimum atomic E-state index is -0.302. The van der Waals surface area contributed by atoms with Crippen molar-refractivity contribution in [2.75, 3.05) is 20.0 Å². The second-order valence-electron chi connectivity index (χ2n) is 10.5. The zero-order chi connectivity index (χ0) is 32.0. The number of amides is 2. The molecule has 1 N–H and O–H groups in total. The molecule has 0 bridgehead atoms. The third-order valence-electron chi connectivity index (χ3n) is 7.53.